The summed E-state index contributed by atoms with van der Waals surface area (Å²) in [7, 11) is 1.44. The van der Waals surface area contributed by atoms with E-state index < -0.39 is 22.8 Å². The Morgan fingerprint density at radius 3 is 2.50 bits per heavy atom. The van der Waals surface area contributed by atoms with Crippen LogP contribution in [0, 0.1) is 16.0 Å². The van der Waals surface area contributed by atoms with Gasteiger partial charge in [0.1, 0.15) is 11.7 Å². The van der Waals surface area contributed by atoms with Crippen LogP contribution in [0.3, 0.4) is 0 Å². The number of rotatable bonds is 7. The molecular weight excluding hydrogens is 288 g/mol. The summed E-state index contributed by atoms with van der Waals surface area (Å²) in [6.07, 6.45) is 0.685. The summed E-state index contributed by atoms with van der Waals surface area (Å²) in [6.45, 7) is 3.72. The summed E-state index contributed by atoms with van der Waals surface area (Å²) in [5, 5.41) is 16.4. The van der Waals surface area contributed by atoms with Crippen LogP contribution in [0.2, 0.25) is 0 Å². The third kappa shape index (κ3) is 3.94. The van der Waals surface area contributed by atoms with Gasteiger partial charge in [-0.3, -0.25) is 19.7 Å². The molecule has 4 N–H and O–H groups in total. The first kappa shape index (κ1) is 17.4. The van der Waals surface area contributed by atoms with Crippen LogP contribution in [0.15, 0.2) is 18.2 Å². The molecular formula is C14H20N4O4. The molecule has 0 radical (unpaired) electrons. The molecule has 0 aliphatic carbocycles. The van der Waals surface area contributed by atoms with Gasteiger partial charge in [0.2, 0.25) is 5.91 Å². The number of carbonyl (C=O) groups is 2. The number of nitrogens with two attached hydrogens (primary N) is 1. The van der Waals surface area contributed by atoms with Gasteiger partial charge in [0.15, 0.2) is 0 Å². The molecule has 0 bridgehead atoms. The second-order valence-corrected chi connectivity index (χ2v) is 4.98. The minimum atomic E-state index is -0.727. The summed E-state index contributed by atoms with van der Waals surface area (Å²) in [6, 6.07) is 3.29. The highest BCUT2D eigenvalue weighted by Crippen LogP contribution is 2.27. The van der Waals surface area contributed by atoms with Crippen molar-refractivity contribution in [2.45, 2.75) is 26.3 Å². The van der Waals surface area contributed by atoms with E-state index in [1.807, 2.05) is 13.8 Å². The van der Waals surface area contributed by atoms with Gasteiger partial charge >= 0.3 is 0 Å². The summed E-state index contributed by atoms with van der Waals surface area (Å²) in [5.41, 5.74) is 5.39. The number of nitro benzene ring substituents is 1. The van der Waals surface area contributed by atoms with Gasteiger partial charge in [-0.15, -0.1) is 0 Å². The fourth-order valence-electron chi connectivity index (χ4n) is 1.99. The second-order valence-electron chi connectivity index (χ2n) is 4.98. The Morgan fingerprint density at radius 1 is 1.41 bits per heavy atom. The number of amides is 2. The van der Waals surface area contributed by atoms with Gasteiger partial charge in [0.25, 0.3) is 11.6 Å². The van der Waals surface area contributed by atoms with Crippen molar-refractivity contribution in [2.24, 2.45) is 11.7 Å². The number of carbonyl (C=O) groups excluding carboxylic acids is 2. The zero-order valence-corrected chi connectivity index (χ0v) is 12.8. The van der Waals surface area contributed by atoms with Crippen LogP contribution < -0.4 is 16.4 Å². The van der Waals surface area contributed by atoms with Crippen molar-refractivity contribution >= 4 is 23.2 Å². The van der Waals surface area contributed by atoms with Crippen LogP contribution in [0.1, 0.15) is 30.6 Å². The number of benzene rings is 1. The number of hydrogen-bond donors (Lipinski definition) is 3. The van der Waals surface area contributed by atoms with Crippen molar-refractivity contribution in [1.29, 1.82) is 0 Å². The van der Waals surface area contributed by atoms with E-state index in [4.69, 9.17) is 5.73 Å². The fourth-order valence-corrected chi connectivity index (χ4v) is 1.99. The molecule has 0 saturated carbocycles. The van der Waals surface area contributed by atoms with Gasteiger partial charge in [-0.25, -0.2) is 0 Å². The predicted octanol–water partition coefficient (Wildman–Crippen LogP) is 1.27. The molecule has 0 aromatic heterocycles. The summed E-state index contributed by atoms with van der Waals surface area (Å²) in [5.74, 6) is -1.10. The maximum absolute atomic E-state index is 11.6. The topological polar surface area (TPSA) is 127 Å². The first-order chi connectivity index (χ1) is 10.3. The highest BCUT2D eigenvalue weighted by Gasteiger charge is 2.25. The molecule has 8 nitrogen and oxygen atoms in total. The molecule has 120 valence electrons. The number of nitrogens with zero attached hydrogens (tertiary/aromatic N) is 1. The van der Waals surface area contributed by atoms with Crippen molar-refractivity contribution in [3.05, 3.63) is 33.9 Å². The molecule has 1 aromatic carbocycles. The quantitative estimate of drug-likeness (QED) is 0.516. The number of nitro groups is 1. The lowest BCUT2D eigenvalue weighted by molar-refractivity contribution is -0.384. The van der Waals surface area contributed by atoms with Gasteiger partial charge in [-0.05, 0) is 18.1 Å². The van der Waals surface area contributed by atoms with E-state index in [1.165, 1.54) is 19.2 Å². The number of nitrogens with one attached hydrogen (secondary N) is 2. The van der Waals surface area contributed by atoms with Crippen LogP contribution in [0.5, 0.6) is 0 Å². The molecule has 1 rings (SSSR count). The summed E-state index contributed by atoms with van der Waals surface area (Å²) < 4.78 is 0. The zero-order chi connectivity index (χ0) is 16.9. The summed E-state index contributed by atoms with van der Waals surface area (Å²) >= 11 is 0. The van der Waals surface area contributed by atoms with E-state index in [0.29, 0.717) is 6.42 Å². The van der Waals surface area contributed by atoms with E-state index in [2.05, 4.69) is 10.6 Å². The Kier molecular flexibility index (Phi) is 5.85. The second kappa shape index (κ2) is 7.39. The monoisotopic (exact) mass is 308 g/mol. The number of primary amides is 1. The summed E-state index contributed by atoms with van der Waals surface area (Å²) in [4.78, 5) is 33.7. The highest BCUT2D eigenvalue weighted by atomic mass is 16.6. The van der Waals surface area contributed by atoms with E-state index in [0.717, 1.165) is 6.07 Å². The van der Waals surface area contributed by atoms with Gasteiger partial charge in [-0.2, -0.15) is 0 Å². The largest absolute Gasteiger partial charge is 0.368 e. The van der Waals surface area contributed by atoms with Gasteiger partial charge in [-0.1, -0.05) is 20.3 Å². The van der Waals surface area contributed by atoms with Crippen LogP contribution in [-0.4, -0.2) is 29.8 Å². The minimum absolute atomic E-state index is 0.0873. The van der Waals surface area contributed by atoms with E-state index in [-0.39, 0.29) is 22.9 Å². The number of hydrogen-bond acceptors (Lipinski definition) is 5. The van der Waals surface area contributed by atoms with Crippen LogP contribution in [0.4, 0.5) is 11.4 Å². The van der Waals surface area contributed by atoms with E-state index >= 15 is 0 Å². The van der Waals surface area contributed by atoms with Gasteiger partial charge in [0.05, 0.1) is 4.92 Å². The van der Waals surface area contributed by atoms with Crippen molar-refractivity contribution in [1.82, 2.24) is 5.32 Å². The van der Waals surface area contributed by atoms with Crippen molar-refractivity contribution in [3.8, 4) is 0 Å². The molecule has 0 spiro atoms. The Morgan fingerprint density at radius 2 is 2.05 bits per heavy atom. The third-order valence-electron chi connectivity index (χ3n) is 3.51. The molecule has 2 unspecified atom stereocenters. The minimum Gasteiger partial charge on any atom is -0.368 e. The molecule has 0 aliphatic heterocycles. The maximum Gasteiger partial charge on any atom is 0.293 e. The zero-order valence-electron chi connectivity index (χ0n) is 12.8. The van der Waals surface area contributed by atoms with Crippen LogP contribution in [-0.2, 0) is 4.79 Å². The van der Waals surface area contributed by atoms with E-state index in [9.17, 15) is 19.7 Å². The van der Waals surface area contributed by atoms with Crippen LogP contribution >= 0.6 is 0 Å². The fraction of sp³-hybridized carbons (Fsp3) is 0.429. The molecule has 2 atom stereocenters. The normalized spacial score (nSPS) is 13.0. The molecule has 22 heavy (non-hydrogen) atoms. The molecule has 0 aliphatic rings. The Bertz CT molecular complexity index is 588. The van der Waals surface area contributed by atoms with Crippen molar-refractivity contribution < 1.29 is 14.5 Å². The Labute approximate surface area is 128 Å². The molecule has 2 amide bonds. The molecule has 1 aromatic rings. The first-order valence-electron chi connectivity index (χ1n) is 6.88. The molecule has 0 fully saturated rings. The Hall–Kier alpha value is -2.64. The lowest BCUT2D eigenvalue weighted by Gasteiger charge is -2.22. The average molecular weight is 308 g/mol. The van der Waals surface area contributed by atoms with Gasteiger partial charge < -0.3 is 16.4 Å². The maximum atomic E-state index is 11.6. The molecule has 0 heterocycles. The van der Waals surface area contributed by atoms with Crippen molar-refractivity contribution in [2.75, 3.05) is 12.4 Å². The lowest BCUT2D eigenvalue weighted by atomic mass is 9.98. The average Bonchev–Trinajstić information content (AvgIpc) is 2.50. The van der Waals surface area contributed by atoms with Crippen molar-refractivity contribution in [3.63, 3.8) is 0 Å². The lowest BCUT2D eigenvalue weighted by Crippen LogP contribution is -2.40. The third-order valence-corrected chi connectivity index (χ3v) is 3.51. The standard InChI is InChI=1S/C14H20N4O4/c1-4-8(2)12(13(15)19)17-10-6-5-9(14(20)16-3)7-11(10)18(21)22/h5-8,12,17H,4H2,1-3H3,(H2,15,19)(H,16,20). The molecule has 0 saturated heterocycles. The smallest absolute Gasteiger partial charge is 0.293 e. The SMILES string of the molecule is CCC(C)C(Nc1ccc(C(=O)NC)cc1[N+](=O)[O-])C(N)=O. The first-order valence-corrected chi connectivity index (χ1v) is 6.88. The molecule has 8 heteroatoms. The van der Waals surface area contributed by atoms with Gasteiger partial charge in [0, 0.05) is 18.7 Å². The highest BCUT2D eigenvalue weighted by molar-refractivity contribution is 5.95. The Balaban J connectivity index is 3.20. The van der Waals surface area contributed by atoms with E-state index in [1.54, 1.807) is 0 Å². The predicted molar refractivity (Wildman–Crippen MR) is 82.5 cm³/mol. The number of anilines is 1. The van der Waals surface area contributed by atoms with Crippen LogP contribution in [0.25, 0.3) is 0 Å².